The number of hydrazine groups is 1. The molecule has 1 aromatic heterocycles. The van der Waals surface area contributed by atoms with E-state index in [0.29, 0.717) is 35.5 Å². The van der Waals surface area contributed by atoms with Gasteiger partial charge in [-0.3, -0.25) is 14.7 Å². The Labute approximate surface area is 241 Å². The summed E-state index contributed by atoms with van der Waals surface area (Å²) in [4.78, 5) is 39.1. The zero-order chi connectivity index (χ0) is 29.3. The lowest BCUT2D eigenvalue weighted by Crippen LogP contribution is -2.59. The maximum Gasteiger partial charge on any atom is 0.343 e. The molecule has 12 heteroatoms. The van der Waals surface area contributed by atoms with Crippen LogP contribution in [0.15, 0.2) is 18.3 Å². The summed E-state index contributed by atoms with van der Waals surface area (Å²) < 4.78 is 20.8. The highest BCUT2D eigenvalue weighted by Gasteiger charge is 2.39. The molecule has 41 heavy (non-hydrogen) atoms. The minimum atomic E-state index is -0.666. The molecule has 0 bridgehead atoms. The van der Waals surface area contributed by atoms with E-state index in [1.54, 1.807) is 23.2 Å². The van der Waals surface area contributed by atoms with Crippen LogP contribution in [0.5, 0.6) is 5.75 Å². The van der Waals surface area contributed by atoms with Gasteiger partial charge in [0.15, 0.2) is 5.82 Å². The van der Waals surface area contributed by atoms with E-state index >= 15 is 4.39 Å². The Morgan fingerprint density at radius 3 is 2.49 bits per heavy atom. The number of benzene rings is 1. The predicted molar refractivity (Wildman–Crippen MR) is 156 cm³/mol. The number of carbonyl (C=O) groups excluding carboxylic acids is 2. The average Bonchev–Trinajstić information content (AvgIpc) is 3.49. The van der Waals surface area contributed by atoms with Crippen molar-refractivity contribution in [1.29, 1.82) is 0 Å². The highest BCUT2D eigenvalue weighted by Crippen LogP contribution is 2.39. The van der Waals surface area contributed by atoms with Gasteiger partial charge in [0, 0.05) is 31.7 Å². The van der Waals surface area contributed by atoms with Crippen molar-refractivity contribution < 1.29 is 18.7 Å². The zero-order valence-corrected chi connectivity index (χ0v) is 24.6. The third-order valence-electron chi connectivity index (χ3n) is 8.61. The number of hydrogen-bond acceptors (Lipinski definition) is 8. The number of fused-ring (bicyclic) bond motifs is 1. The van der Waals surface area contributed by atoms with Gasteiger partial charge in [-0.05, 0) is 65.6 Å². The van der Waals surface area contributed by atoms with Crippen LogP contribution in [0.4, 0.5) is 32.3 Å². The van der Waals surface area contributed by atoms with Crippen LogP contribution >= 0.6 is 0 Å². The molecule has 2 fully saturated rings. The normalized spacial score (nSPS) is 21.3. The van der Waals surface area contributed by atoms with Crippen LogP contribution in [0, 0.1) is 5.82 Å². The lowest BCUT2D eigenvalue weighted by Gasteiger charge is -2.45. The quantitative estimate of drug-likeness (QED) is 0.479. The number of ether oxygens (including phenoxy) is 1. The number of aromatic nitrogens is 2. The van der Waals surface area contributed by atoms with Gasteiger partial charge >= 0.3 is 6.03 Å². The summed E-state index contributed by atoms with van der Waals surface area (Å²) in [6, 6.07) is 3.21. The Morgan fingerprint density at radius 2 is 1.85 bits per heavy atom. The van der Waals surface area contributed by atoms with Crippen molar-refractivity contribution in [3.05, 3.63) is 29.7 Å². The molecule has 2 saturated carbocycles. The minimum absolute atomic E-state index is 0.0151. The molecule has 0 saturated heterocycles. The Morgan fingerprint density at radius 1 is 1.15 bits per heavy atom. The van der Waals surface area contributed by atoms with Crippen molar-refractivity contribution in [1.82, 2.24) is 25.2 Å². The van der Waals surface area contributed by atoms with E-state index < -0.39 is 11.7 Å². The number of anilines is 4. The summed E-state index contributed by atoms with van der Waals surface area (Å²) in [6.45, 7) is 2.45. The number of hydrogen-bond donors (Lipinski definition) is 2. The summed E-state index contributed by atoms with van der Waals surface area (Å²) in [6.07, 6.45) is 9.44. The van der Waals surface area contributed by atoms with Crippen molar-refractivity contribution in [3.63, 3.8) is 0 Å². The molecular weight excluding hydrogens is 527 g/mol. The van der Waals surface area contributed by atoms with Gasteiger partial charge in [-0.15, -0.1) is 0 Å². The smallest absolute Gasteiger partial charge is 0.343 e. The topological polar surface area (TPSA) is 106 Å². The van der Waals surface area contributed by atoms with E-state index in [4.69, 9.17) is 9.72 Å². The standard InChI is InChI=1S/C29H41FN8O3/c1-6-37-29(40)36(4)24-17-31-28(34-26(24)38(37)20-9-7-8-10-20)33-23-16-22(30)21(15-25(23)41-5)27(39)32-18-11-13-19(14-12-18)35(2)3/h15-20H,6-14H2,1-5H3,(H,32,39)(H,31,33,34). The van der Waals surface area contributed by atoms with Crippen LogP contribution in [-0.2, 0) is 0 Å². The number of carbonyl (C=O) groups is 2. The SMILES string of the molecule is CCN1C(=O)N(C)c2cnc(Nc3cc(F)c(C(=O)NC4CCC(N(C)C)CC4)cc3OC)nc2N1C1CCCC1. The van der Waals surface area contributed by atoms with Gasteiger partial charge in [-0.2, -0.15) is 4.98 Å². The van der Waals surface area contributed by atoms with Crippen LogP contribution in [0.3, 0.4) is 0 Å². The highest BCUT2D eigenvalue weighted by molar-refractivity contribution is 5.99. The van der Waals surface area contributed by atoms with Gasteiger partial charge in [0.1, 0.15) is 17.3 Å². The molecule has 1 aromatic carbocycles. The number of amides is 3. The molecule has 2 N–H and O–H groups in total. The van der Waals surface area contributed by atoms with Crippen LogP contribution in [0.2, 0.25) is 0 Å². The van der Waals surface area contributed by atoms with Gasteiger partial charge in [0.2, 0.25) is 5.95 Å². The number of nitrogens with zero attached hydrogens (tertiary/aromatic N) is 6. The first-order valence-corrected chi connectivity index (χ1v) is 14.5. The molecular formula is C29H41FN8O3. The molecule has 0 unspecified atom stereocenters. The van der Waals surface area contributed by atoms with Gasteiger partial charge < -0.3 is 20.3 Å². The van der Waals surface area contributed by atoms with E-state index in [-0.39, 0.29) is 29.6 Å². The molecule has 2 heterocycles. The molecule has 0 atom stereocenters. The molecule has 1 aliphatic heterocycles. The fourth-order valence-corrected chi connectivity index (χ4v) is 6.24. The van der Waals surface area contributed by atoms with E-state index in [0.717, 1.165) is 51.4 Å². The minimum Gasteiger partial charge on any atom is -0.495 e. The van der Waals surface area contributed by atoms with Gasteiger partial charge in [0.25, 0.3) is 5.91 Å². The summed E-state index contributed by atoms with van der Waals surface area (Å²) >= 11 is 0. The summed E-state index contributed by atoms with van der Waals surface area (Å²) in [7, 11) is 7.32. The molecule has 2 aromatic rings. The largest absolute Gasteiger partial charge is 0.495 e. The molecule has 0 spiro atoms. The molecule has 11 nitrogen and oxygen atoms in total. The average molecular weight is 569 g/mol. The fourth-order valence-electron chi connectivity index (χ4n) is 6.24. The van der Waals surface area contributed by atoms with Gasteiger partial charge in [-0.25, -0.2) is 19.2 Å². The van der Waals surface area contributed by atoms with Gasteiger partial charge in [0.05, 0.1) is 30.6 Å². The first-order chi connectivity index (χ1) is 19.7. The maximum absolute atomic E-state index is 15.3. The number of nitrogens with one attached hydrogen (secondary N) is 2. The van der Waals surface area contributed by atoms with Crippen LogP contribution in [0.25, 0.3) is 0 Å². The number of halogens is 1. The molecule has 2 aliphatic carbocycles. The van der Waals surface area contributed by atoms with Crippen molar-refractivity contribution in [3.8, 4) is 5.75 Å². The maximum atomic E-state index is 15.3. The lowest BCUT2D eigenvalue weighted by atomic mass is 9.90. The first kappa shape index (κ1) is 28.8. The molecule has 3 aliphatic rings. The monoisotopic (exact) mass is 568 g/mol. The van der Waals surface area contributed by atoms with E-state index in [1.165, 1.54) is 19.2 Å². The van der Waals surface area contributed by atoms with E-state index in [1.807, 2.05) is 11.9 Å². The Bertz CT molecular complexity index is 1280. The zero-order valence-electron chi connectivity index (χ0n) is 24.6. The number of urea groups is 1. The second kappa shape index (κ2) is 12.1. The number of rotatable bonds is 8. The van der Waals surface area contributed by atoms with Crippen molar-refractivity contribution in [2.75, 3.05) is 50.0 Å². The van der Waals surface area contributed by atoms with Gasteiger partial charge in [-0.1, -0.05) is 12.8 Å². The van der Waals surface area contributed by atoms with Crippen LogP contribution < -0.4 is 25.3 Å². The summed E-state index contributed by atoms with van der Waals surface area (Å²) in [5.41, 5.74) is 0.842. The van der Waals surface area contributed by atoms with E-state index in [9.17, 15) is 9.59 Å². The second-order valence-corrected chi connectivity index (χ2v) is 11.3. The molecule has 222 valence electrons. The molecule has 5 rings (SSSR count). The molecule has 0 radical (unpaired) electrons. The lowest BCUT2D eigenvalue weighted by molar-refractivity contribution is 0.0911. The van der Waals surface area contributed by atoms with E-state index in [2.05, 4.69) is 34.6 Å². The molecule has 3 amide bonds. The Kier molecular flexibility index (Phi) is 8.48. The second-order valence-electron chi connectivity index (χ2n) is 11.3. The Hall–Kier alpha value is -3.67. The van der Waals surface area contributed by atoms with Crippen LogP contribution in [-0.4, -0.2) is 84.7 Å². The first-order valence-electron chi connectivity index (χ1n) is 14.5. The van der Waals surface area contributed by atoms with Crippen molar-refractivity contribution >= 4 is 35.1 Å². The van der Waals surface area contributed by atoms with Crippen molar-refractivity contribution in [2.24, 2.45) is 0 Å². The van der Waals surface area contributed by atoms with Crippen molar-refractivity contribution in [2.45, 2.75) is 76.4 Å². The third kappa shape index (κ3) is 5.74. The summed E-state index contributed by atoms with van der Waals surface area (Å²) in [5.74, 6) is 0.0336. The summed E-state index contributed by atoms with van der Waals surface area (Å²) in [5, 5.41) is 9.79. The third-order valence-corrected chi connectivity index (χ3v) is 8.61. The fraction of sp³-hybridized carbons (Fsp3) is 0.586. The predicted octanol–water partition coefficient (Wildman–Crippen LogP) is 4.53. The highest BCUT2D eigenvalue weighted by atomic mass is 19.1. The Balaban J connectivity index is 1.37. The van der Waals surface area contributed by atoms with Crippen LogP contribution in [0.1, 0.15) is 68.6 Å². The number of methoxy groups -OCH3 is 1.